The van der Waals surface area contributed by atoms with Crippen LogP contribution in [0, 0.1) is 0 Å². The SMILES string of the molecule is COc1ccc(CNCCO)cc1OCCN(C)C. The highest BCUT2D eigenvalue weighted by molar-refractivity contribution is 5.42. The summed E-state index contributed by atoms with van der Waals surface area (Å²) in [5.74, 6) is 1.50. The number of ether oxygens (including phenoxy) is 2. The second kappa shape index (κ2) is 8.74. The number of nitrogens with one attached hydrogen (secondary N) is 1. The van der Waals surface area contributed by atoms with Gasteiger partial charge in [0.05, 0.1) is 13.7 Å². The highest BCUT2D eigenvalue weighted by atomic mass is 16.5. The molecule has 0 saturated heterocycles. The standard InChI is InChI=1S/C14H24N2O3/c1-16(2)7-9-19-14-10-12(11-15-6-8-17)4-5-13(14)18-3/h4-5,10,15,17H,6-9,11H2,1-3H3. The van der Waals surface area contributed by atoms with Crippen LogP contribution in [0.2, 0.25) is 0 Å². The predicted octanol–water partition coefficient (Wildman–Crippen LogP) is 0.717. The number of hydrogen-bond donors (Lipinski definition) is 2. The van der Waals surface area contributed by atoms with Crippen molar-refractivity contribution in [3.8, 4) is 11.5 Å². The van der Waals surface area contributed by atoms with Crippen LogP contribution in [0.5, 0.6) is 11.5 Å². The molecule has 1 aromatic rings. The fourth-order valence-corrected chi connectivity index (χ4v) is 1.59. The van der Waals surface area contributed by atoms with E-state index in [1.165, 1.54) is 0 Å². The first-order chi connectivity index (χ1) is 9.17. The van der Waals surface area contributed by atoms with Gasteiger partial charge in [0.1, 0.15) is 6.61 Å². The third-order valence-corrected chi connectivity index (χ3v) is 2.64. The Hall–Kier alpha value is -1.30. The van der Waals surface area contributed by atoms with Crippen LogP contribution in [-0.2, 0) is 6.54 Å². The minimum Gasteiger partial charge on any atom is -0.493 e. The Morgan fingerprint density at radius 1 is 1.26 bits per heavy atom. The third-order valence-electron chi connectivity index (χ3n) is 2.64. The molecule has 0 fully saturated rings. The lowest BCUT2D eigenvalue weighted by Gasteiger charge is -2.14. The molecule has 0 unspecified atom stereocenters. The molecule has 0 radical (unpaired) electrons. The Labute approximate surface area is 115 Å². The van der Waals surface area contributed by atoms with Crippen molar-refractivity contribution in [2.45, 2.75) is 6.54 Å². The first-order valence-corrected chi connectivity index (χ1v) is 6.43. The fraction of sp³-hybridized carbons (Fsp3) is 0.571. The van der Waals surface area contributed by atoms with Gasteiger partial charge in [0.15, 0.2) is 11.5 Å². The van der Waals surface area contributed by atoms with Crippen molar-refractivity contribution in [1.82, 2.24) is 10.2 Å². The number of methoxy groups -OCH3 is 1. The van der Waals surface area contributed by atoms with Gasteiger partial charge in [-0.2, -0.15) is 0 Å². The number of aliphatic hydroxyl groups excluding tert-OH is 1. The van der Waals surface area contributed by atoms with Gasteiger partial charge in [0, 0.05) is 19.6 Å². The van der Waals surface area contributed by atoms with Gasteiger partial charge in [-0.3, -0.25) is 0 Å². The first-order valence-electron chi connectivity index (χ1n) is 6.43. The number of nitrogens with zero attached hydrogens (tertiary/aromatic N) is 1. The van der Waals surface area contributed by atoms with E-state index in [0.29, 0.717) is 19.7 Å². The molecule has 0 aliphatic rings. The second-order valence-corrected chi connectivity index (χ2v) is 4.54. The summed E-state index contributed by atoms with van der Waals surface area (Å²) in [7, 11) is 5.66. The summed E-state index contributed by atoms with van der Waals surface area (Å²) >= 11 is 0. The van der Waals surface area contributed by atoms with E-state index in [-0.39, 0.29) is 6.61 Å². The van der Waals surface area contributed by atoms with E-state index in [4.69, 9.17) is 14.6 Å². The van der Waals surface area contributed by atoms with E-state index in [9.17, 15) is 0 Å². The lowest BCUT2D eigenvalue weighted by molar-refractivity contribution is 0.250. The third kappa shape index (κ3) is 5.92. The van der Waals surface area contributed by atoms with E-state index in [0.717, 1.165) is 23.6 Å². The monoisotopic (exact) mass is 268 g/mol. The van der Waals surface area contributed by atoms with Gasteiger partial charge in [0.25, 0.3) is 0 Å². The number of rotatable bonds is 9. The number of likely N-dealkylation sites (N-methyl/N-ethyl adjacent to an activating group) is 1. The van der Waals surface area contributed by atoms with Crippen LogP contribution in [0.1, 0.15) is 5.56 Å². The normalized spacial score (nSPS) is 10.8. The Balaban J connectivity index is 2.61. The Kier molecular flexibility index (Phi) is 7.25. The molecule has 5 nitrogen and oxygen atoms in total. The largest absolute Gasteiger partial charge is 0.493 e. The molecule has 5 heteroatoms. The Morgan fingerprint density at radius 3 is 2.68 bits per heavy atom. The lowest BCUT2D eigenvalue weighted by atomic mass is 10.2. The van der Waals surface area contributed by atoms with Crippen molar-refractivity contribution in [3.05, 3.63) is 23.8 Å². The van der Waals surface area contributed by atoms with Crippen LogP contribution in [0.25, 0.3) is 0 Å². The molecule has 0 heterocycles. The molecule has 0 aliphatic heterocycles. The minimum absolute atomic E-state index is 0.141. The summed E-state index contributed by atoms with van der Waals surface area (Å²) in [6.07, 6.45) is 0. The van der Waals surface area contributed by atoms with Gasteiger partial charge in [0.2, 0.25) is 0 Å². The Morgan fingerprint density at radius 2 is 2.05 bits per heavy atom. The molecule has 0 bridgehead atoms. The zero-order chi connectivity index (χ0) is 14.1. The maximum absolute atomic E-state index is 8.74. The van der Waals surface area contributed by atoms with Gasteiger partial charge in [-0.15, -0.1) is 0 Å². The molecule has 1 rings (SSSR count). The van der Waals surface area contributed by atoms with Gasteiger partial charge in [-0.1, -0.05) is 6.07 Å². The van der Waals surface area contributed by atoms with Crippen molar-refractivity contribution >= 4 is 0 Å². The summed E-state index contributed by atoms with van der Waals surface area (Å²) in [6, 6.07) is 5.86. The van der Waals surface area contributed by atoms with Crippen LogP contribution in [0.15, 0.2) is 18.2 Å². The fourth-order valence-electron chi connectivity index (χ4n) is 1.59. The number of aliphatic hydroxyl groups is 1. The quantitative estimate of drug-likeness (QED) is 0.646. The zero-order valence-electron chi connectivity index (χ0n) is 12.0. The van der Waals surface area contributed by atoms with Crippen LogP contribution in [0.3, 0.4) is 0 Å². The van der Waals surface area contributed by atoms with Crippen LogP contribution in [-0.4, -0.2) is 57.5 Å². The molecule has 0 aromatic heterocycles. The minimum atomic E-state index is 0.141. The van der Waals surface area contributed by atoms with Crippen LogP contribution >= 0.6 is 0 Å². The van der Waals surface area contributed by atoms with E-state index < -0.39 is 0 Å². The number of benzene rings is 1. The lowest BCUT2D eigenvalue weighted by Crippen LogP contribution is -2.20. The van der Waals surface area contributed by atoms with Crippen molar-refractivity contribution in [3.63, 3.8) is 0 Å². The van der Waals surface area contributed by atoms with E-state index in [1.807, 2.05) is 32.3 Å². The summed E-state index contributed by atoms with van der Waals surface area (Å²) < 4.78 is 11.0. The van der Waals surface area contributed by atoms with E-state index >= 15 is 0 Å². The Bertz CT molecular complexity index is 370. The van der Waals surface area contributed by atoms with Crippen molar-refractivity contribution in [2.24, 2.45) is 0 Å². The highest BCUT2D eigenvalue weighted by Gasteiger charge is 2.06. The molecule has 0 spiro atoms. The zero-order valence-corrected chi connectivity index (χ0v) is 12.0. The molecule has 2 N–H and O–H groups in total. The van der Waals surface area contributed by atoms with Crippen molar-refractivity contribution in [2.75, 3.05) is 47.5 Å². The van der Waals surface area contributed by atoms with Crippen LogP contribution < -0.4 is 14.8 Å². The summed E-state index contributed by atoms with van der Waals surface area (Å²) in [4.78, 5) is 2.07. The second-order valence-electron chi connectivity index (χ2n) is 4.54. The van der Waals surface area contributed by atoms with Gasteiger partial charge >= 0.3 is 0 Å². The molecular weight excluding hydrogens is 244 g/mol. The highest BCUT2D eigenvalue weighted by Crippen LogP contribution is 2.27. The molecular formula is C14H24N2O3. The van der Waals surface area contributed by atoms with Gasteiger partial charge in [-0.25, -0.2) is 0 Å². The molecule has 0 atom stereocenters. The van der Waals surface area contributed by atoms with Gasteiger partial charge in [-0.05, 0) is 31.8 Å². The van der Waals surface area contributed by atoms with Crippen molar-refractivity contribution < 1.29 is 14.6 Å². The molecule has 1 aromatic carbocycles. The summed E-state index contributed by atoms with van der Waals surface area (Å²) in [5, 5.41) is 11.9. The molecule has 0 amide bonds. The summed E-state index contributed by atoms with van der Waals surface area (Å²) in [5.41, 5.74) is 1.11. The molecule has 0 aliphatic carbocycles. The maximum Gasteiger partial charge on any atom is 0.161 e. The summed E-state index contributed by atoms with van der Waals surface area (Å²) in [6.45, 7) is 2.91. The molecule has 19 heavy (non-hydrogen) atoms. The van der Waals surface area contributed by atoms with E-state index in [2.05, 4.69) is 10.2 Å². The molecule has 108 valence electrons. The topological polar surface area (TPSA) is 54.0 Å². The predicted molar refractivity (Wildman–Crippen MR) is 75.8 cm³/mol. The van der Waals surface area contributed by atoms with Crippen LogP contribution in [0.4, 0.5) is 0 Å². The van der Waals surface area contributed by atoms with Gasteiger partial charge < -0.3 is 24.8 Å². The first kappa shape index (κ1) is 15.8. The van der Waals surface area contributed by atoms with E-state index in [1.54, 1.807) is 7.11 Å². The molecule has 0 saturated carbocycles. The number of hydrogen-bond acceptors (Lipinski definition) is 5. The average Bonchev–Trinajstić information content (AvgIpc) is 2.39. The van der Waals surface area contributed by atoms with Crippen molar-refractivity contribution in [1.29, 1.82) is 0 Å². The maximum atomic E-state index is 8.74. The average molecular weight is 268 g/mol. The smallest absolute Gasteiger partial charge is 0.161 e.